The van der Waals surface area contributed by atoms with Crippen LogP contribution >= 0.6 is 24.0 Å². The topological polar surface area (TPSA) is 70.3 Å². The van der Waals surface area contributed by atoms with Gasteiger partial charge in [0.2, 0.25) is 0 Å². The summed E-state index contributed by atoms with van der Waals surface area (Å²) in [6.45, 7) is 0.917. The highest BCUT2D eigenvalue weighted by Crippen LogP contribution is 2.33. The Balaban J connectivity index is 2.39. The van der Waals surface area contributed by atoms with E-state index in [9.17, 15) is 5.11 Å². The smallest absolute Gasteiger partial charge is 0.180 e. The highest BCUT2D eigenvalue weighted by Gasteiger charge is 2.31. The number of nitrogens with two attached hydrogens (primary N) is 1. The monoisotopic (exact) mass is 235 g/mol. The second-order valence-electron chi connectivity index (χ2n) is 3.60. The van der Waals surface area contributed by atoms with Crippen molar-refractivity contribution in [3.05, 3.63) is 0 Å². The molecule has 0 unspecified atom stereocenters. The summed E-state index contributed by atoms with van der Waals surface area (Å²) < 4.78 is 0. The molecule has 1 aliphatic heterocycles. The Hall–Kier alpha value is -0.0400. The maximum Gasteiger partial charge on any atom is 0.180 e. The Bertz CT molecular complexity index is 195. The predicted octanol–water partition coefficient (Wildman–Crippen LogP) is -0.170. The minimum Gasteiger partial charge on any atom is -0.396 e. The van der Waals surface area contributed by atoms with Crippen molar-refractivity contribution in [1.82, 2.24) is 10.7 Å². The number of rotatable bonds is 3. The van der Waals surface area contributed by atoms with Gasteiger partial charge in [0, 0.05) is 12.0 Å². The molecule has 4 nitrogen and oxygen atoms in total. The van der Waals surface area contributed by atoms with Crippen molar-refractivity contribution in [2.24, 2.45) is 11.3 Å². The lowest BCUT2D eigenvalue weighted by atomic mass is 9.83. The Morgan fingerprint density at radius 3 is 2.64 bits per heavy atom. The van der Waals surface area contributed by atoms with Crippen LogP contribution in [0.3, 0.4) is 0 Å². The van der Waals surface area contributed by atoms with Gasteiger partial charge in [-0.15, -0.1) is 0 Å². The van der Waals surface area contributed by atoms with Crippen molar-refractivity contribution in [3.8, 4) is 0 Å². The zero-order valence-electron chi connectivity index (χ0n) is 8.08. The number of aliphatic hydroxyl groups excluding tert-OH is 1. The normalized spacial score (nSPS) is 20.1. The summed E-state index contributed by atoms with van der Waals surface area (Å²) in [4.78, 5) is 0. The average molecular weight is 235 g/mol. The molecule has 0 radical (unpaired) electrons. The first-order chi connectivity index (χ1) is 6.72. The number of hydrogen-bond acceptors (Lipinski definition) is 4. The fraction of sp³-hybridized carbons (Fsp3) is 0.875. The first kappa shape index (κ1) is 12.0. The third kappa shape index (κ3) is 3.27. The number of hydrogen-bond donors (Lipinski definition) is 4. The summed E-state index contributed by atoms with van der Waals surface area (Å²) in [5, 5.41) is 12.8. The van der Waals surface area contributed by atoms with Crippen molar-refractivity contribution in [2.45, 2.75) is 12.8 Å². The van der Waals surface area contributed by atoms with Crippen LogP contribution in [0.1, 0.15) is 12.8 Å². The molecule has 5 N–H and O–H groups in total. The summed E-state index contributed by atoms with van der Waals surface area (Å²) in [7, 11) is 0. The zero-order valence-corrected chi connectivity index (χ0v) is 9.72. The highest BCUT2D eigenvalue weighted by atomic mass is 32.2. The van der Waals surface area contributed by atoms with E-state index in [0.29, 0.717) is 11.7 Å². The molecular weight excluding hydrogens is 218 g/mol. The van der Waals surface area contributed by atoms with Crippen LogP contribution in [-0.4, -0.2) is 34.9 Å². The van der Waals surface area contributed by atoms with E-state index in [1.165, 1.54) is 0 Å². The lowest BCUT2D eigenvalue weighted by Crippen LogP contribution is -2.47. The molecule has 0 aromatic heterocycles. The molecule has 82 valence electrons. The lowest BCUT2D eigenvalue weighted by molar-refractivity contribution is 0.118. The van der Waals surface area contributed by atoms with Crippen molar-refractivity contribution < 1.29 is 5.11 Å². The van der Waals surface area contributed by atoms with Crippen LogP contribution in [0.25, 0.3) is 0 Å². The van der Waals surface area contributed by atoms with E-state index in [2.05, 4.69) is 10.7 Å². The average Bonchev–Trinajstić information content (AvgIpc) is 2.27. The Morgan fingerprint density at radius 1 is 1.50 bits per heavy atom. The van der Waals surface area contributed by atoms with Gasteiger partial charge in [-0.3, -0.25) is 0 Å². The van der Waals surface area contributed by atoms with E-state index >= 15 is 0 Å². The molecule has 0 spiro atoms. The molecule has 1 fully saturated rings. The van der Waals surface area contributed by atoms with E-state index in [0.717, 1.165) is 24.3 Å². The number of hydrazine groups is 1. The molecule has 0 amide bonds. The number of aliphatic hydroxyl groups is 1. The molecule has 0 aromatic carbocycles. The van der Waals surface area contributed by atoms with E-state index in [1.807, 2.05) is 11.8 Å². The SMILES string of the molecule is NNC(=S)NCC1(CO)CCSCC1. The predicted molar refractivity (Wildman–Crippen MR) is 64.0 cm³/mol. The van der Waals surface area contributed by atoms with Gasteiger partial charge in [0.15, 0.2) is 5.11 Å². The van der Waals surface area contributed by atoms with Crippen molar-refractivity contribution in [2.75, 3.05) is 24.7 Å². The molecule has 1 saturated heterocycles. The second-order valence-corrected chi connectivity index (χ2v) is 5.23. The van der Waals surface area contributed by atoms with Gasteiger partial charge in [-0.2, -0.15) is 11.8 Å². The maximum absolute atomic E-state index is 9.38. The van der Waals surface area contributed by atoms with Gasteiger partial charge < -0.3 is 15.8 Å². The van der Waals surface area contributed by atoms with Crippen LogP contribution in [0.2, 0.25) is 0 Å². The summed E-state index contributed by atoms with van der Waals surface area (Å²) in [5.41, 5.74) is 2.37. The fourth-order valence-corrected chi connectivity index (χ4v) is 2.95. The minimum absolute atomic E-state index is 0.00778. The van der Waals surface area contributed by atoms with Crippen LogP contribution < -0.4 is 16.6 Å². The van der Waals surface area contributed by atoms with Gasteiger partial charge in [0.05, 0.1) is 6.61 Å². The standard InChI is InChI=1S/C8H17N3OS2/c9-11-7(13)10-5-8(6-12)1-3-14-4-2-8/h12H,1-6,9H2,(H2,10,11,13). The van der Waals surface area contributed by atoms with E-state index in [1.54, 1.807) is 0 Å². The number of thioether (sulfide) groups is 1. The molecule has 1 rings (SSSR count). The fourth-order valence-electron chi connectivity index (χ4n) is 1.51. The van der Waals surface area contributed by atoms with Crippen LogP contribution in [0.4, 0.5) is 0 Å². The quantitative estimate of drug-likeness (QED) is 0.309. The van der Waals surface area contributed by atoms with E-state index < -0.39 is 0 Å². The molecule has 0 aromatic rings. The van der Waals surface area contributed by atoms with Gasteiger partial charge in [-0.1, -0.05) is 0 Å². The second kappa shape index (κ2) is 5.75. The molecule has 14 heavy (non-hydrogen) atoms. The molecule has 0 atom stereocenters. The summed E-state index contributed by atoms with van der Waals surface area (Å²) in [6.07, 6.45) is 2.07. The van der Waals surface area contributed by atoms with Crippen molar-refractivity contribution >= 4 is 29.1 Å². The van der Waals surface area contributed by atoms with Crippen LogP contribution in [0, 0.1) is 5.41 Å². The van der Waals surface area contributed by atoms with Crippen LogP contribution in [-0.2, 0) is 0 Å². The molecule has 1 aliphatic rings. The van der Waals surface area contributed by atoms with Crippen molar-refractivity contribution in [3.63, 3.8) is 0 Å². The molecule has 6 heteroatoms. The number of nitrogens with one attached hydrogen (secondary N) is 2. The Labute approximate surface area is 94.0 Å². The lowest BCUT2D eigenvalue weighted by Gasteiger charge is -2.35. The van der Waals surface area contributed by atoms with Crippen LogP contribution in [0.15, 0.2) is 0 Å². The highest BCUT2D eigenvalue weighted by molar-refractivity contribution is 7.99. The third-order valence-corrected chi connectivity index (χ3v) is 3.89. The molecular formula is C8H17N3OS2. The molecule has 0 aliphatic carbocycles. The molecule has 0 saturated carbocycles. The van der Waals surface area contributed by atoms with Gasteiger partial charge in [-0.05, 0) is 36.6 Å². The molecule has 0 bridgehead atoms. The first-order valence-corrected chi connectivity index (χ1v) is 6.22. The van der Waals surface area contributed by atoms with Gasteiger partial charge in [-0.25, -0.2) is 5.84 Å². The summed E-state index contributed by atoms with van der Waals surface area (Å²) in [5.74, 6) is 7.38. The van der Waals surface area contributed by atoms with Crippen molar-refractivity contribution in [1.29, 1.82) is 0 Å². The van der Waals surface area contributed by atoms with Gasteiger partial charge in [0.1, 0.15) is 0 Å². The molecule has 1 heterocycles. The number of thiocarbonyl (C=S) groups is 1. The third-order valence-electron chi connectivity index (χ3n) is 2.64. The summed E-state index contributed by atoms with van der Waals surface area (Å²) in [6, 6.07) is 0. The first-order valence-electron chi connectivity index (χ1n) is 4.65. The van der Waals surface area contributed by atoms with Gasteiger partial charge in [0.25, 0.3) is 0 Å². The maximum atomic E-state index is 9.38. The Morgan fingerprint density at radius 2 is 2.14 bits per heavy atom. The van der Waals surface area contributed by atoms with Gasteiger partial charge >= 0.3 is 0 Å². The van der Waals surface area contributed by atoms with E-state index in [-0.39, 0.29) is 12.0 Å². The Kier molecular flexibility index (Phi) is 4.94. The largest absolute Gasteiger partial charge is 0.396 e. The summed E-state index contributed by atoms with van der Waals surface area (Å²) >= 11 is 6.83. The zero-order chi connectivity index (χ0) is 10.4. The minimum atomic E-state index is -0.00778. The van der Waals surface area contributed by atoms with E-state index in [4.69, 9.17) is 18.1 Å². The van der Waals surface area contributed by atoms with Crippen LogP contribution in [0.5, 0.6) is 0 Å².